The van der Waals surface area contributed by atoms with Crippen LogP contribution in [0.15, 0.2) is 78.9 Å². The maximum Gasteiger partial charge on any atom is 0.258 e. The van der Waals surface area contributed by atoms with Gasteiger partial charge in [-0.05, 0) is 50.1 Å². The molecular formula is C26H23ClN2O2. The Bertz CT molecular complexity index is 1160. The van der Waals surface area contributed by atoms with E-state index >= 15 is 0 Å². The van der Waals surface area contributed by atoms with Crippen molar-refractivity contribution in [1.82, 2.24) is 0 Å². The van der Waals surface area contributed by atoms with Crippen molar-refractivity contribution in [2.75, 3.05) is 9.80 Å². The summed E-state index contributed by atoms with van der Waals surface area (Å²) in [7, 11) is 0. The predicted molar refractivity (Wildman–Crippen MR) is 124 cm³/mol. The second-order valence-electron chi connectivity index (χ2n) is 8.41. The van der Waals surface area contributed by atoms with Crippen molar-refractivity contribution >= 4 is 34.8 Å². The second-order valence-corrected chi connectivity index (χ2v) is 8.85. The van der Waals surface area contributed by atoms with Crippen molar-refractivity contribution in [3.63, 3.8) is 0 Å². The molecule has 3 atom stereocenters. The SMILES string of the molecule is Cc1ccc([C@@]23C[C@@H](C)N(C(=O)c4ccccc4)c4ccccc4N2C(=O)[C@@H]3Cl)cc1. The highest BCUT2D eigenvalue weighted by Gasteiger charge is 2.63. The number of benzene rings is 3. The summed E-state index contributed by atoms with van der Waals surface area (Å²) in [5.41, 5.74) is 3.51. The summed E-state index contributed by atoms with van der Waals surface area (Å²) in [6.07, 6.45) is 0.545. The van der Waals surface area contributed by atoms with E-state index in [2.05, 4.69) is 0 Å². The maximum absolute atomic E-state index is 13.6. The average Bonchev–Trinajstić information content (AvgIpc) is 2.90. The lowest BCUT2D eigenvalue weighted by Gasteiger charge is -2.55. The van der Waals surface area contributed by atoms with Gasteiger partial charge in [-0.1, -0.05) is 60.2 Å². The zero-order chi connectivity index (χ0) is 21.8. The van der Waals surface area contributed by atoms with Crippen LogP contribution < -0.4 is 9.80 Å². The standard InChI is InChI=1S/C26H23ClN2O2/c1-17-12-14-20(15-13-17)26-16-18(2)28(24(30)19-8-4-3-5-9-19)21-10-6-7-11-22(21)29(26)25(31)23(26)27/h3-15,18,23H,16H2,1-2H3/t18-,23+,26-/m1/s1. The molecule has 0 N–H and O–H groups in total. The van der Waals surface area contributed by atoms with E-state index in [0.717, 1.165) is 22.5 Å². The molecule has 3 aromatic rings. The average molecular weight is 431 g/mol. The van der Waals surface area contributed by atoms with E-state index < -0.39 is 10.9 Å². The molecule has 2 aliphatic heterocycles. The minimum atomic E-state index is -0.701. The van der Waals surface area contributed by atoms with E-state index in [1.807, 2.05) is 97.6 Å². The molecule has 1 saturated heterocycles. The Balaban J connectivity index is 1.70. The fourth-order valence-corrected chi connectivity index (χ4v) is 5.40. The fraction of sp³-hybridized carbons (Fsp3) is 0.231. The van der Waals surface area contributed by atoms with E-state index in [9.17, 15) is 9.59 Å². The van der Waals surface area contributed by atoms with Crippen LogP contribution >= 0.6 is 11.6 Å². The number of anilines is 2. The molecule has 0 unspecified atom stereocenters. The molecule has 5 rings (SSSR count). The lowest BCUT2D eigenvalue weighted by Crippen LogP contribution is -2.71. The highest BCUT2D eigenvalue weighted by Crippen LogP contribution is 2.55. The quantitative estimate of drug-likeness (QED) is 0.409. The minimum absolute atomic E-state index is 0.0827. The summed E-state index contributed by atoms with van der Waals surface area (Å²) in [6, 6.07) is 24.9. The lowest BCUT2D eigenvalue weighted by molar-refractivity contribution is -0.127. The van der Waals surface area contributed by atoms with E-state index in [-0.39, 0.29) is 17.9 Å². The normalized spacial score (nSPS) is 24.7. The van der Waals surface area contributed by atoms with E-state index in [1.54, 1.807) is 4.90 Å². The topological polar surface area (TPSA) is 40.6 Å². The first-order valence-corrected chi connectivity index (χ1v) is 10.9. The summed E-state index contributed by atoms with van der Waals surface area (Å²) in [5.74, 6) is -0.212. The van der Waals surface area contributed by atoms with Crippen LogP contribution in [0.5, 0.6) is 0 Å². The number of alkyl halides is 1. The Morgan fingerprint density at radius 1 is 0.935 bits per heavy atom. The first-order valence-electron chi connectivity index (χ1n) is 10.5. The highest BCUT2D eigenvalue weighted by molar-refractivity contribution is 6.38. The number of β-lactam (4-membered cyclic amide) rings is 1. The second kappa shape index (κ2) is 7.24. The van der Waals surface area contributed by atoms with Crippen molar-refractivity contribution in [3.8, 4) is 0 Å². The van der Waals surface area contributed by atoms with E-state index in [0.29, 0.717) is 12.0 Å². The third kappa shape index (κ3) is 2.82. The van der Waals surface area contributed by atoms with Crippen molar-refractivity contribution in [1.29, 1.82) is 0 Å². The van der Waals surface area contributed by atoms with Gasteiger partial charge in [0.2, 0.25) is 5.91 Å². The zero-order valence-electron chi connectivity index (χ0n) is 17.5. The van der Waals surface area contributed by atoms with Crippen molar-refractivity contribution in [2.24, 2.45) is 0 Å². The summed E-state index contributed by atoms with van der Waals surface area (Å²) in [6.45, 7) is 4.07. The van der Waals surface area contributed by atoms with Crippen molar-refractivity contribution in [3.05, 3.63) is 95.6 Å². The molecular weight excluding hydrogens is 408 g/mol. The third-order valence-electron chi connectivity index (χ3n) is 6.48. The Kier molecular flexibility index (Phi) is 4.63. The number of para-hydroxylation sites is 2. The van der Waals surface area contributed by atoms with Crippen LogP contribution in [-0.2, 0) is 10.3 Å². The van der Waals surface area contributed by atoms with Crippen molar-refractivity contribution in [2.45, 2.75) is 37.2 Å². The molecule has 0 spiro atoms. The maximum atomic E-state index is 13.6. The molecule has 3 aromatic carbocycles. The van der Waals surface area contributed by atoms with Crippen LogP contribution in [0.25, 0.3) is 0 Å². The first-order chi connectivity index (χ1) is 14.9. The molecule has 0 saturated carbocycles. The number of aryl methyl sites for hydroxylation is 1. The number of amides is 2. The smallest absolute Gasteiger partial charge is 0.258 e. The van der Waals surface area contributed by atoms with Gasteiger partial charge in [-0.2, -0.15) is 0 Å². The number of fused-ring (bicyclic) bond motifs is 3. The minimum Gasteiger partial charge on any atom is -0.303 e. The molecule has 2 amide bonds. The van der Waals surface area contributed by atoms with Gasteiger partial charge in [-0.25, -0.2) is 0 Å². The Labute approximate surface area is 187 Å². The number of rotatable bonds is 2. The predicted octanol–water partition coefficient (Wildman–Crippen LogP) is 5.28. The first kappa shape index (κ1) is 19.8. The largest absolute Gasteiger partial charge is 0.303 e. The molecule has 1 fully saturated rings. The number of halogens is 1. The molecule has 156 valence electrons. The van der Waals surface area contributed by atoms with E-state index in [4.69, 9.17) is 11.6 Å². The summed E-state index contributed by atoms with van der Waals surface area (Å²) >= 11 is 6.76. The highest BCUT2D eigenvalue weighted by atomic mass is 35.5. The molecule has 4 nitrogen and oxygen atoms in total. The van der Waals surface area contributed by atoms with Gasteiger partial charge >= 0.3 is 0 Å². The molecule has 0 radical (unpaired) electrons. The Hall–Kier alpha value is -3.11. The van der Waals surface area contributed by atoms with Crippen LogP contribution in [0.1, 0.15) is 34.8 Å². The Morgan fingerprint density at radius 2 is 1.55 bits per heavy atom. The van der Waals surface area contributed by atoms with Gasteiger partial charge in [0, 0.05) is 11.6 Å². The summed E-state index contributed by atoms with van der Waals surface area (Å²) in [5, 5.41) is -0.683. The molecule has 0 aliphatic carbocycles. The van der Waals surface area contributed by atoms with Crippen LogP contribution in [0.2, 0.25) is 0 Å². The van der Waals surface area contributed by atoms with Gasteiger partial charge in [-0.3, -0.25) is 14.5 Å². The monoisotopic (exact) mass is 430 g/mol. The zero-order valence-corrected chi connectivity index (χ0v) is 18.2. The number of hydrogen-bond donors (Lipinski definition) is 0. The molecule has 0 aromatic heterocycles. The number of carbonyl (C=O) groups excluding carboxylic acids is 2. The van der Waals surface area contributed by atoms with Gasteiger partial charge in [0.25, 0.3) is 5.91 Å². The van der Waals surface area contributed by atoms with Crippen LogP contribution in [0.3, 0.4) is 0 Å². The van der Waals surface area contributed by atoms with Gasteiger partial charge in [-0.15, -0.1) is 11.6 Å². The van der Waals surface area contributed by atoms with Crippen LogP contribution in [-0.4, -0.2) is 23.2 Å². The molecule has 5 heteroatoms. The lowest BCUT2D eigenvalue weighted by atomic mass is 9.72. The molecule has 2 aliphatic rings. The summed E-state index contributed by atoms with van der Waals surface area (Å²) in [4.78, 5) is 30.3. The van der Waals surface area contributed by atoms with Gasteiger partial charge in [0.1, 0.15) is 10.9 Å². The fourth-order valence-electron chi connectivity index (χ4n) is 4.99. The molecule has 31 heavy (non-hydrogen) atoms. The van der Waals surface area contributed by atoms with Gasteiger partial charge in [0.15, 0.2) is 0 Å². The van der Waals surface area contributed by atoms with E-state index in [1.165, 1.54) is 0 Å². The third-order valence-corrected chi connectivity index (χ3v) is 7.02. The van der Waals surface area contributed by atoms with Gasteiger partial charge in [0.05, 0.1) is 11.4 Å². The molecule has 0 bridgehead atoms. The molecule has 2 heterocycles. The number of carbonyl (C=O) groups is 2. The number of hydrogen-bond acceptors (Lipinski definition) is 2. The van der Waals surface area contributed by atoms with Crippen molar-refractivity contribution < 1.29 is 9.59 Å². The van der Waals surface area contributed by atoms with Crippen LogP contribution in [0.4, 0.5) is 11.4 Å². The van der Waals surface area contributed by atoms with Crippen LogP contribution in [0, 0.1) is 6.92 Å². The number of nitrogens with zero attached hydrogens (tertiary/aromatic N) is 2. The Morgan fingerprint density at radius 3 is 2.23 bits per heavy atom. The van der Waals surface area contributed by atoms with Gasteiger partial charge < -0.3 is 4.90 Å². The summed E-state index contributed by atoms with van der Waals surface area (Å²) < 4.78 is 0.